The Morgan fingerprint density at radius 3 is 2.44 bits per heavy atom. The van der Waals surface area contributed by atoms with E-state index in [2.05, 4.69) is 4.74 Å². The number of rotatable bonds is 2. The molecule has 0 aromatic heterocycles. The van der Waals surface area contributed by atoms with Gasteiger partial charge in [-0.2, -0.15) is 0 Å². The summed E-state index contributed by atoms with van der Waals surface area (Å²) in [5.74, 6) is -0.273. The van der Waals surface area contributed by atoms with Crippen LogP contribution in [-0.2, 0) is 9.53 Å². The van der Waals surface area contributed by atoms with Crippen molar-refractivity contribution < 1.29 is 14.6 Å². The number of carbonyl (C=O) groups excluding carboxylic acids is 1. The lowest BCUT2D eigenvalue weighted by Crippen LogP contribution is -2.20. The Labute approximate surface area is 53.6 Å². The summed E-state index contributed by atoms with van der Waals surface area (Å²) in [5.41, 5.74) is -0.505. The third-order valence-corrected chi connectivity index (χ3v) is 1.77. The highest BCUT2D eigenvalue weighted by Crippen LogP contribution is 2.45. The molecule has 1 aliphatic carbocycles. The lowest BCUT2D eigenvalue weighted by atomic mass is 10.1. The first kappa shape index (κ1) is 6.55. The van der Waals surface area contributed by atoms with Crippen LogP contribution in [0.3, 0.4) is 0 Å². The number of methoxy groups -OCH3 is 1. The van der Waals surface area contributed by atoms with Gasteiger partial charge in [-0.3, -0.25) is 4.79 Å². The fourth-order valence-electron chi connectivity index (χ4n) is 0.794. The lowest BCUT2D eigenvalue weighted by Gasteiger charge is -2.06. The Morgan fingerprint density at radius 2 is 2.33 bits per heavy atom. The summed E-state index contributed by atoms with van der Waals surface area (Å²) in [7, 11) is 1.35. The van der Waals surface area contributed by atoms with Gasteiger partial charge < -0.3 is 9.84 Å². The molecule has 0 bridgehead atoms. The Kier molecular flexibility index (Phi) is 1.45. The van der Waals surface area contributed by atoms with Gasteiger partial charge in [-0.15, -0.1) is 0 Å². The lowest BCUT2D eigenvalue weighted by molar-refractivity contribution is -0.148. The summed E-state index contributed by atoms with van der Waals surface area (Å²) in [5, 5.41) is 8.66. The number of ether oxygens (including phenoxy) is 1. The van der Waals surface area contributed by atoms with Gasteiger partial charge >= 0.3 is 5.97 Å². The largest absolute Gasteiger partial charge is 0.469 e. The minimum absolute atomic E-state index is 0.0698. The van der Waals surface area contributed by atoms with Gasteiger partial charge in [-0.05, 0) is 12.8 Å². The average Bonchev–Trinajstić information content (AvgIpc) is 2.66. The maximum absolute atomic E-state index is 10.7. The van der Waals surface area contributed by atoms with E-state index in [4.69, 9.17) is 5.11 Å². The molecule has 52 valence electrons. The molecule has 1 saturated carbocycles. The highest BCUT2D eigenvalue weighted by molar-refractivity contribution is 5.79. The smallest absolute Gasteiger partial charge is 0.314 e. The van der Waals surface area contributed by atoms with Crippen LogP contribution in [0.5, 0.6) is 0 Å². The van der Waals surface area contributed by atoms with Gasteiger partial charge in [-0.25, -0.2) is 0 Å². The molecule has 0 atom stereocenters. The van der Waals surface area contributed by atoms with Crippen molar-refractivity contribution in [3.63, 3.8) is 0 Å². The van der Waals surface area contributed by atoms with E-state index < -0.39 is 5.41 Å². The van der Waals surface area contributed by atoms with Crippen molar-refractivity contribution in [3.05, 3.63) is 0 Å². The molecule has 1 fully saturated rings. The van der Waals surface area contributed by atoms with Crippen molar-refractivity contribution in [2.45, 2.75) is 12.8 Å². The molecule has 0 radical (unpaired) electrons. The summed E-state index contributed by atoms with van der Waals surface area (Å²) >= 11 is 0. The van der Waals surface area contributed by atoms with E-state index in [1.165, 1.54) is 7.11 Å². The maximum atomic E-state index is 10.7. The Morgan fingerprint density at radius 1 is 1.78 bits per heavy atom. The van der Waals surface area contributed by atoms with Gasteiger partial charge in [0.15, 0.2) is 0 Å². The van der Waals surface area contributed by atoms with E-state index in [0.29, 0.717) is 0 Å². The molecule has 1 aliphatic rings. The predicted molar refractivity (Wildman–Crippen MR) is 30.8 cm³/mol. The van der Waals surface area contributed by atoms with Gasteiger partial charge in [-0.1, -0.05) is 0 Å². The minimum Gasteiger partial charge on any atom is -0.469 e. The minimum atomic E-state index is -0.505. The zero-order chi connectivity index (χ0) is 6.91. The number of esters is 1. The molecule has 1 rings (SSSR count). The van der Waals surface area contributed by atoms with Crippen LogP contribution in [0.25, 0.3) is 0 Å². The zero-order valence-electron chi connectivity index (χ0n) is 5.39. The second-order valence-corrected chi connectivity index (χ2v) is 2.43. The van der Waals surface area contributed by atoms with E-state index >= 15 is 0 Å². The van der Waals surface area contributed by atoms with Crippen molar-refractivity contribution >= 4 is 5.97 Å². The van der Waals surface area contributed by atoms with Gasteiger partial charge in [0.25, 0.3) is 0 Å². The Bertz CT molecular complexity index is 126. The molecule has 3 heteroatoms. The van der Waals surface area contributed by atoms with Crippen LogP contribution < -0.4 is 0 Å². The zero-order valence-corrected chi connectivity index (χ0v) is 5.39. The second kappa shape index (κ2) is 1.99. The van der Waals surface area contributed by atoms with Crippen molar-refractivity contribution in [2.75, 3.05) is 13.7 Å². The molecule has 0 spiro atoms. The molecule has 1 N–H and O–H groups in total. The maximum Gasteiger partial charge on any atom is 0.314 e. The summed E-state index contributed by atoms with van der Waals surface area (Å²) in [6, 6.07) is 0. The van der Waals surface area contributed by atoms with Crippen molar-refractivity contribution in [2.24, 2.45) is 5.41 Å². The molecular formula is C6H10O3. The Balaban J connectivity index is 2.49. The standard InChI is InChI=1S/C6H10O3/c1-9-5(8)6(4-7)2-3-6/h7H,2-4H2,1H3. The summed E-state index contributed by atoms with van der Waals surface area (Å²) in [6.07, 6.45) is 1.55. The van der Waals surface area contributed by atoms with E-state index in [0.717, 1.165) is 12.8 Å². The normalized spacial score (nSPS) is 21.1. The predicted octanol–water partition coefficient (Wildman–Crippen LogP) is -0.0681. The first-order valence-corrected chi connectivity index (χ1v) is 2.94. The fraction of sp³-hybridized carbons (Fsp3) is 0.833. The summed E-state index contributed by atoms with van der Waals surface area (Å²) in [4.78, 5) is 10.7. The summed E-state index contributed by atoms with van der Waals surface area (Å²) < 4.78 is 4.47. The van der Waals surface area contributed by atoms with E-state index in [1.807, 2.05) is 0 Å². The molecule has 0 aliphatic heterocycles. The van der Waals surface area contributed by atoms with Gasteiger partial charge in [0.1, 0.15) is 0 Å². The van der Waals surface area contributed by atoms with Crippen molar-refractivity contribution in [3.8, 4) is 0 Å². The topological polar surface area (TPSA) is 46.5 Å². The van der Waals surface area contributed by atoms with Crippen LogP contribution in [0.1, 0.15) is 12.8 Å². The van der Waals surface area contributed by atoms with E-state index in [-0.39, 0.29) is 12.6 Å². The third kappa shape index (κ3) is 0.920. The molecule has 0 unspecified atom stereocenters. The molecule has 9 heavy (non-hydrogen) atoms. The van der Waals surface area contributed by atoms with Crippen LogP contribution >= 0.6 is 0 Å². The van der Waals surface area contributed by atoms with Crippen LogP contribution in [-0.4, -0.2) is 24.8 Å². The SMILES string of the molecule is COC(=O)C1(CO)CC1. The highest BCUT2D eigenvalue weighted by Gasteiger charge is 2.50. The summed E-state index contributed by atoms with van der Waals surface area (Å²) in [6.45, 7) is -0.0698. The highest BCUT2D eigenvalue weighted by atomic mass is 16.5. The van der Waals surface area contributed by atoms with Crippen LogP contribution in [0.4, 0.5) is 0 Å². The van der Waals surface area contributed by atoms with Crippen molar-refractivity contribution in [1.29, 1.82) is 0 Å². The molecule has 0 amide bonds. The molecule has 0 aromatic carbocycles. The number of aliphatic hydroxyl groups is 1. The number of hydrogen-bond donors (Lipinski definition) is 1. The number of hydrogen-bond acceptors (Lipinski definition) is 3. The average molecular weight is 130 g/mol. The van der Waals surface area contributed by atoms with Gasteiger partial charge in [0.2, 0.25) is 0 Å². The molecule has 0 heterocycles. The van der Waals surface area contributed by atoms with Gasteiger partial charge in [0, 0.05) is 0 Å². The Hall–Kier alpha value is -0.570. The molecule has 3 nitrogen and oxygen atoms in total. The molecule has 0 saturated heterocycles. The second-order valence-electron chi connectivity index (χ2n) is 2.43. The number of aliphatic hydroxyl groups excluding tert-OH is 1. The van der Waals surface area contributed by atoms with E-state index in [1.54, 1.807) is 0 Å². The first-order chi connectivity index (χ1) is 4.25. The van der Waals surface area contributed by atoms with Crippen LogP contribution in [0, 0.1) is 5.41 Å². The third-order valence-electron chi connectivity index (χ3n) is 1.77. The quantitative estimate of drug-likeness (QED) is 0.532. The van der Waals surface area contributed by atoms with E-state index in [9.17, 15) is 4.79 Å². The van der Waals surface area contributed by atoms with Crippen molar-refractivity contribution in [1.82, 2.24) is 0 Å². The first-order valence-electron chi connectivity index (χ1n) is 2.94. The van der Waals surface area contributed by atoms with Gasteiger partial charge in [0.05, 0.1) is 19.1 Å². The van der Waals surface area contributed by atoms with Crippen LogP contribution in [0.2, 0.25) is 0 Å². The molecule has 0 aromatic rings. The number of carbonyl (C=O) groups is 1. The fourth-order valence-corrected chi connectivity index (χ4v) is 0.794. The molecular weight excluding hydrogens is 120 g/mol. The monoisotopic (exact) mass is 130 g/mol. The van der Waals surface area contributed by atoms with Crippen LogP contribution in [0.15, 0.2) is 0 Å².